The molecule has 0 aliphatic heterocycles. The Morgan fingerprint density at radius 2 is 1.59 bits per heavy atom. The van der Waals surface area contributed by atoms with Crippen molar-refractivity contribution in [2.45, 2.75) is 72.1 Å². The second kappa shape index (κ2) is 6.47. The monoisotopic (exact) mass is 388 g/mol. The molecule has 0 saturated heterocycles. The van der Waals surface area contributed by atoms with Crippen LogP contribution in [0.1, 0.15) is 77.8 Å². The van der Waals surface area contributed by atoms with Crippen LogP contribution >= 0.6 is 11.3 Å². The van der Waals surface area contributed by atoms with E-state index in [1.807, 2.05) is 11.6 Å². The van der Waals surface area contributed by atoms with E-state index >= 15 is 0 Å². The van der Waals surface area contributed by atoms with Gasteiger partial charge in [0.15, 0.2) is 11.3 Å². The lowest BCUT2D eigenvalue weighted by atomic mass is 9.91. The number of azo groups is 1. The molecular formula is C18H28N8S. The number of fused-ring (bicyclic) bond motifs is 1. The van der Waals surface area contributed by atoms with Gasteiger partial charge in [-0.15, -0.1) is 30.2 Å². The van der Waals surface area contributed by atoms with Gasteiger partial charge in [-0.3, -0.25) is 0 Å². The average molecular weight is 389 g/mol. The largest absolute Gasteiger partial charge is 0.312 e. The summed E-state index contributed by atoms with van der Waals surface area (Å²) in [6.07, 6.45) is 0. The fourth-order valence-electron chi connectivity index (χ4n) is 2.78. The van der Waals surface area contributed by atoms with Crippen LogP contribution < -0.4 is 0 Å². The van der Waals surface area contributed by atoms with Gasteiger partial charge in [-0.2, -0.15) is 5.10 Å². The van der Waals surface area contributed by atoms with E-state index in [1.165, 1.54) is 11.3 Å². The van der Waals surface area contributed by atoms with Crippen molar-refractivity contribution in [2.75, 3.05) is 0 Å². The van der Waals surface area contributed by atoms with Crippen LogP contribution in [0.2, 0.25) is 0 Å². The summed E-state index contributed by atoms with van der Waals surface area (Å²) in [5.41, 5.74) is 2.20. The minimum Gasteiger partial charge on any atom is -0.312 e. The smallest absolute Gasteiger partial charge is 0.251 e. The Morgan fingerprint density at radius 3 is 2.11 bits per heavy atom. The van der Waals surface area contributed by atoms with Crippen LogP contribution in [-0.2, 0) is 17.9 Å². The highest BCUT2D eigenvalue weighted by Gasteiger charge is 2.28. The van der Waals surface area contributed by atoms with E-state index in [0.717, 1.165) is 27.9 Å². The Labute approximate surface area is 163 Å². The lowest BCUT2D eigenvalue weighted by Crippen LogP contribution is -2.13. The van der Waals surface area contributed by atoms with Gasteiger partial charge in [-0.25, -0.2) is 0 Å². The topological polar surface area (TPSA) is 85.6 Å². The van der Waals surface area contributed by atoms with Crippen LogP contribution in [0.15, 0.2) is 10.2 Å². The van der Waals surface area contributed by atoms with E-state index in [2.05, 4.69) is 80.9 Å². The summed E-state index contributed by atoms with van der Waals surface area (Å²) in [6, 6.07) is 0. The first kappa shape index (κ1) is 19.6. The van der Waals surface area contributed by atoms with Crippen molar-refractivity contribution < 1.29 is 0 Å². The molecule has 146 valence electrons. The van der Waals surface area contributed by atoms with Crippen molar-refractivity contribution in [2.24, 2.45) is 17.3 Å². The second-order valence-electron chi connectivity index (χ2n) is 9.17. The summed E-state index contributed by atoms with van der Waals surface area (Å²) >= 11 is 1.46. The predicted molar refractivity (Wildman–Crippen MR) is 108 cm³/mol. The molecule has 0 radical (unpaired) electrons. The van der Waals surface area contributed by atoms with E-state index in [-0.39, 0.29) is 16.7 Å². The Hall–Kier alpha value is -2.16. The number of aromatic nitrogens is 6. The SMILES string of the molecule is CC(C)c1nn2nc(C(C)(C)C)c(N=Nc3nnc(C(C)(C)C)s3)c2n1C. The molecule has 0 aliphatic rings. The molecule has 9 heteroatoms. The average Bonchev–Trinajstić information content (AvgIpc) is 3.19. The third-order valence-electron chi connectivity index (χ3n) is 4.20. The lowest BCUT2D eigenvalue weighted by Gasteiger charge is -2.15. The first-order chi connectivity index (χ1) is 12.4. The van der Waals surface area contributed by atoms with Crippen LogP contribution in [-0.4, -0.2) is 29.6 Å². The van der Waals surface area contributed by atoms with Crippen LogP contribution in [0.25, 0.3) is 5.65 Å². The van der Waals surface area contributed by atoms with Crippen LogP contribution in [0.5, 0.6) is 0 Å². The number of hydrogen-bond donors (Lipinski definition) is 0. The van der Waals surface area contributed by atoms with Crippen molar-refractivity contribution >= 4 is 27.8 Å². The molecule has 3 aromatic heterocycles. The van der Waals surface area contributed by atoms with Crippen molar-refractivity contribution in [1.82, 2.24) is 29.6 Å². The zero-order valence-electron chi connectivity index (χ0n) is 17.6. The molecule has 0 fully saturated rings. The zero-order chi connectivity index (χ0) is 20.1. The Kier molecular flexibility index (Phi) is 4.70. The standard InChI is InChI=1S/C18H28N8S/c1-10(2)13-24-26-14(25(13)9)11(12(23-26)17(3,4)5)19-21-16-22-20-15(27-16)18(6,7)8/h10H,1-9H3. The summed E-state index contributed by atoms with van der Waals surface area (Å²) in [4.78, 5) is 0. The van der Waals surface area contributed by atoms with Gasteiger partial charge in [0.1, 0.15) is 10.8 Å². The van der Waals surface area contributed by atoms with Gasteiger partial charge in [0, 0.05) is 23.8 Å². The molecule has 0 saturated carbocycles. The van der Waals surface area contributed by atoms with Crippen molar-refractivity contribution in [1.29, 1.82) is 0 Å². The molecule has 0 bridgehead atoms. The minimum atomic E-state index is -0.183. The molecular weight excluding hydrogens is 360 g/mol. The molecule has 0 spiro atoms. The number of hydrogen-bond acceptors (Lipinski definition) is 7. The van der Waals surface area contributed by atoms with Crippen molar-refractivity contribution in [3.63, 3.8) is 0 Å². The first-order valence-electron chi connectivity index (χ1n) is 9.11. The van der Waals surface area contributed by atoms with Gasteiger partial charge in [0.2, 0.25) is 0 Å². The van der Waals surface area contributed by atoms with Gasteiger partial charge in [0.25, 0.3) is 5.13 Å². The molecule has 8 nitrogen and oxygen atoms in total. The van der Waals surface area contributed by atoms with Gasteiger partial charge in [-0.1, -0.05) is 66.7 Å². The molecule has 0 atom stereocenters. The minimum absolute atomic E-state index is 0.0544. The Morgan fingerprint density at radius 1 is 0.926 bits per heavy atom. The van der Waals surface area contributed by atoms with Gasteiger partial charge in [0.05, 0.1) is 5.69 Å². The summed E-state index contributed by atoms with van der Waals surface area (Å²) < 4.78 is 3.72. The molecule has 3 aromatic rings. The molecule has 0 N–H and O–H groups in total. The van der Waals surface area contributed by atoms with Gasteiger partial charge < -0.3 is 4.57 Å². The molecule has 27 heavy (non-hydrogen) atoms. The van der Waals surface area contributed by atoms with E-state index in [4.69, 9.17) is 5.10 Å². The van der Waals surface area contributed by atoms with Crippen LogP contribution in [0.4, 0.5) is 10.8 Å². The Bertz CT molecular complexity index is 991. The maximum Gasteiger partial charge on any atom is 0.251 e. The highest BCUT2D eigenvalue weighted by atomic mass is 32.1. The number of nitrogens with zero attached hydrogens (tertiary/aromatic N) is 8. The first-order valence-corrected chi connectivity index (χ1v) is 9.93. The lowest BCUT2D eigenvalue weighted by molar-refractivity contribution is 0.555. The third kappa shape index (κ3) is 3.65. The zero-order valence-corrected chi connectivity index (χ0v) is 18.4. The van der Waals surface area contributed by atoms with E-state index in [9.17, 15) is 0 Å². The highest BCUT2D eigenvalue weighted by molar-refractivity contribution is 7.15. The molecule has 0 amide bonds. The molecule has 0 aliphatic carbocycles. The fraction of sp³-hybridized carbons (Fsp3) is 0.667. The summed E-state index contributed by atoms with van der Waals surface area (Å²) in [5.74, 6) is 1.25. The van der Waals surface area contributed by atoms with E-state index in [1.54, 1.807) is 4.63 Å². The molecule has 0 unspecified atom stereocenters. The second-order valence-corrected chi connectivity index (χ2v) is 10.1. The van der Waals surface area contributed by atoms with E-state index < -0.39 is 0 Å². The van der Waals surface area contributed by atoms with Gasteiger partial charge in [-0.05, 0) is 0 Å². The van der Waals surface area contributed by atoms with Crippen molar-refractivity contribution in [3.8, 4) is 0 Å². The number of aryl methyl sites for hydroxylation is 1. The van der Waals surface area contributed by atoms with E-state index in [0.29, 0.717) is 5.13 Å². The summed E-state index contributed by atoms with van der Waals surface area (Å²) in [5, 5.41) is 28.2. The van der Waals surface area contributed by atoms with Crippen LogP contribution in [0.3, 0.4) is 0 Å². The maximum absolute atomic E-state index is 4.70. The Balaban J connectivity index is 2.12. The maximum atomic E-state index is 4.70. The quantitative estimate of drug-likeness (QED) is 0.587. The number of rotatable bonds is 3. The fourth-order valence-corrected chi connectivity index (χ4v) is 3.50. The molecule has 3 heterocycles. The van der Waals surface area contributed by atoms with Crippen LogP contribution in [0, 0.1) is 0 Å². The summed E-state index contributed by atoms with van der Waals surface area (Å²) in [6.45, 7) is 16.9. The van der Waals surface area contributed by atoms with Crippen molar-refractivity contribution in [3.05, 3.63) is 16.5 Å². The predicted octanol–water partition coefficient (Wildman–Crippen LogP) is 5.05. The highest BCUT2D eigenvalue weighted by Crippen LogP contribution is 2.37. The summed E-state index contributed by atoms with van der Waals surface area (Å²) in [7, 11) is 1.99. The molecule has 3 rings (SSSR count). The third-order valence-corrected chi connectivity index (χ3v) is 5.43. The molecule has 0 aromatic carbocycles. The normalized spacial score (nSPS) is 13.6. The van der Waals surface area contributed by atoms with Gasteiger partial charge >= 0.3 is 0 Å².